The monoisotopic (exact) mass is 190 g/mol. The summed E-state index contributed by atoms with van der Waals surface area (Å²) < 4.78 is 9.29. The first-order chi connectivity index (χ1) is 5.16. The Kier molecular flexibility index (Phi) is 3.34. The molecule has 1 rings (SSSR count). The maximum absolute atomic E-state index is 8.56. The molecule has 0 heterocycles. The number of thiocarbonyl (C=S) groups is 1. The first kappa shape index (κ1) is 9.49. The number of hydrogen-bond donors (Lipinski definition) is 1. The Morgan fingerprint density at radius 2 is 2.27 bits per heavy atom. The van der Waals surface area contributed by atoms with Crippen molar-refractivity contribution >= 4 is 28.5 Å². The largest absolute Gasteiger partial charge is 0.325 e. The summed E-state index contributed by atoms with van der Waals surface area (Å²) in [6.07, 6.45) is 6.07. The molecule has 1 aliphatic carbocycles. The van der Waals surface area contributed by atoms with Crippen LogP contribution in [-0.2, 0) is 0 Å². The van der Waals surface area contributed by atoms with Gasteiger partial charge in [0.05, 0.1) is 4.20 Å². The lowest BCUT2D eigenvalue weighted by molar-refractivity contribution is 0.502. The van der Waals surface area contributed by atoms with E-state index in [0.717, 1.165) is 29.1 Å². The van der Waals surface area contributed by atoms with Crippen molar-refractivity contribution < 1.29 is 4.55 Å². The second kappa shape index (κ2) is 3.87. The van der Waals surface area contributed by atoms with Crippen molar-refractivity contribution in [2.75, 3.05) is 0 Å². The van der Waals surface area contributed by atoms with Gasteiger partial charge in [-0.1, -0.05) is 19.1 Å². The minimum Gasteiger partial charge on any atom is -0.325 e. The summed E-state index contributed by atoms with van der Waals surface area (Å²) in [6.45, 7) is 2.32. The third-order valence-corrected chi connectivity index (χ3v) is 3.20. The van der Waals surface area contributed by atoms with Crippen LogP contribution in [0.15, 0.2) is 0 Å². The summed E-state index contributed by atoms with van der Waals surface area (Å²) >= 11 is 5.60. The average molecular weight is 190 g/mol. The van der Waals surface area contributed by atoms with Gasteiger partial charge in [0.1, 0.15) is 0 Å². The van der Waals surface area contributed by atoms with Gasteiger partial charge in [-0.3, -0.25) is 0 Å². The molecule has 0 unspecified atom stereocenters. The first-order valence-corrected chi connectivity index (χ1v) is 5.19. The summed E-state index contributed by atoms with van der Waals surface area (Å²) in [4.78, 5) is 0. The van der Waals surface area contributed by atoms with Gasteiger partial charge in [0.25, 0.3) is 0 Å². The van der Waals surface area contributed by atoms with E-state index in [1.807, 2.05) is 0 Å². The zero-order valence-electron chi connectivity index (χ0n) is 6.80. The van der Waals surface area contributed by atoms with Crippen LogP contribution in [0, 0.1) is 5.41 Å². The Labute approximate surface area is 77.8 Å². The van der Waals surface area contributed by atoms with Gasteiger partial charge in [-0.15, -0.1) is 0 Å². The van der Waals surface area contributed by atoms with Crippen LogP contribution in [0.4, 0.5) is 0 Å². The molecular weight excluding hydrogens is 176 g/mol. The van der Waals surface area contributed by atoms with E-state index in [1.54, 1.807) is 0 Å². The molecule has 0 aromatic heterocycles. The van der Waals surface area contributed by atoms with Crippen molar-refractivity contribution in [2.45, 2.75) is 39.0 Å². The van der Waals surface area contributed by atoms with Crippen LogP contribution in [-0.4, -0.2) is 8.75 Å². The SMILES string of the molecule is CC1(CCCC(=S)SO)CC1. The van der Waals surface area contributed by atoms with Gasteiger partial charge in [-0.05, 0) is 37.5 Å². The molecule has 0 radical (unpaired) electrons. The fourth-order valence-corrected chi connectivity index (χ4v) is 1.55. The molecule has 3 heteroatoms. The lowest BCUT2D eigenvalue weighted by atomic mass is 10.0. The van der Waals surface area contributed by atoms with Gasteiger partial charge in [-0.2, -0.15) is 0 Å². The third kappa shape index (κ3) is 3.54. The first-order valence-electron chi connectivity index (χ1n) is 4.01. The van der Waals surface area contributed by atoms with Crippen LogP contribution in [0.25, 0.3) is 0 Å². The Morgan fingerprint density at radius 3 is 2.73 bits per heavy atom. The van der Waals surface area contributed by atoms with Crippen LogP contribution in [0.5, 0.6) is 0 Å². The summed E-state index contributed by atoms with van der Waals surface area (Å²) in [5.74, 6) is 0. The lowest BCUT2D eigenvalue weighted by Gasteiger charge is -2.05. The zero-order valence-corrected chi connectivity index (χ0v) is 8.43. The Bertz CT molecular complexity index is 152. The molecule has 0 aromatic rings. The highest BCUT2D eigenvalue weighted by Crippen LogP contribution is 2.49. The molecule has 1 N–H and O–H groups in total. The van der Waals surface area contributed by atoms with Crippen LogP contribution in [0.2, 0.25) is 0 Å². The van der Waals surface area contributed by atoms with Crippen molar-refractivity contribution in [1.29, 1.82) is 0 Å². The molecule has 1 fully saturated rings. The van der Waals surface area contributed by atoms with Gasteiger partial charge >= 0.3 is 0 Å². The number of hydrogen-bond acceptors (Lipinski definition) is 3. The van der Waals surface area contributed by atoms with Crippen molar-refractivity contribution in [1.82, 2.24) is 0 Å². The maximum atomic E-state index is 8.56. The molecule has 1 saturated carbocycles. The van der Waals surface area contributed by atoms with E-state index < -0.39 is 0 Å². The molecule has 64 valence electrons. The number of rotatable bonds is 4. The summed E-state index contributed by atoms with van der Waals surface area (Å²) in [5, 5.41) is 0. The van der Waals surface area contributed by atoms with E-state index in [0.29, 0.717) is 5.41 Å². The van der Waals surface area contributed by atoms with Crippen molar-refractivity contribution in [2.24, 2.45) is 5.41 Å². The summed E-state index contributed by atoms with van der Waals surface area (Å²) in [6, 6.07) is 0. The van der Waals surface area contributed by atoms with E-state index in [2.05, 4.69) is 6.92 Å². The van der Waals surface area contributed by atoms with Gasteiger partial charge in [0, 0.05) is 12.0 Å². The zero-order chi connectivity index (χ0) is 8.32. The second-order valence-corrected chi connectivity index (χ2v) is 5.05. The van der Waals surface area contributed by atoms with E-state index in [-0.39, 0.29) is 0 Å². The topological polar surface area (TPSA) is 20.2 Å². The molecule has 1 aliphatic rings. The summed E-state index contributed by atoms with van der Waals surface area (Å²) in [7, 11) is 0. The predicted molar refractivity (Wildman–Crippen MR) is 54.0 cm³/mol. The highest BCUT2D eigenvalue weighted by molar-refractivity contribution is 8.19. The van der Waals surface area contributed by atoms with Crippen LogP contribution < -0.4 is 0 Å². The van der Waals surface area contributed by atoms with Crippen LogP contribution >= 0.6 is 24.3 Å². The Balaban J connectivity index is 2.00. The highest BCUT2D eigenvalue weighted by atomic mass is 32.2. The smallest absolute Gasteiger partial charge is 0.0754 e. The lowest BCUT2D eigenvalue weighted by Crippen LogP contribution is -1.94. The normalized spacial score (nSPS) is 19.8. The summed E-state index contributed by atoms with van der Waals surface area (Å²) in [5.41, 5.74) is 0.635. The van der Waals surface area contributed by atoms with E-state index in [9.17, 15) is 0 Å². The molecule has 11 heavy (non-hydrogen) atoms. The maximum Gasteiger partial charge on any atom is 0.0754 e. The highest BCUT2D eigenvalue weighted by Gasteiger charge is 2.36. The molecule has 0 atom stereocenters. The standard InChI is InChI=1S/C8H14OS2/c1-8(5-6-8)4-2-3-7(10)11-9/h9H,2-6H2,1H3. The average Bonchev–Trinajstić information content (AvgIpc) is 2.68. The molecule has 1 nitrogen and oxygen atoms in total. The van der Waals surface area contributed by atoms with E-state index in [1.165, 1.54) is 19.3 Å². The fourth-order valence-electron chi connectivity index (χ4n) is 1.17. The van der Waals surface area contributed by atoms with Crippen molar-refractivity contribution in [3.8, 4) is 0 Å². The quantitative estimate of drug-likeness (QED) is 0.541. The van der Waals surface area contributed by atoms with Crippen molar-refractivity contribution in [3.05, 3.63) is 0 Å². The Hall–Kier alpha value is 0.400. The minimum atomic E-state index is 0.635. The van der Waals surface area contributed by atoms with Gasteiger partial charge < -0.3 is 4.55 Å². The van der Waals surface area contributed by atoms with Gasteiger partial charge in [0.2, 0.25) is 0 Å². The molecule has 0 amide bonds. The van der Waals surface area contributed by atoms with Crippen molar-refractivity contribution in [3.63, 3.8) is 0 Å². The molecule has 0 saturated heterocycles. The van der Waals surface area contributed by atoms with Crippen LogP contribution in [0.1, 0.15) is 39.0 Å². The van der Waals surface area contributed by atoms with E-state index >= 15 is 0 Å². The fraction of sp³-hybridized carbons (Fsp3) is 0.875. The Morgan fingerprint density at radius 1 is 1.64 bits per heavy atom. The molecule has 0 spiro atoms. The minimum absolute atomic E-state index is 0.635. The molecule has 0 aromatic carbocycles. The molecule has 0 aliphatic heterocycles. The third-order valence-electron chi connectivity index (χ3n) is 2.37. The molecular formula is C8H14OS2. The predicted octanol–water partition coefficient (Wildman–Crippen LogP) is 3.49. The van der Waals surface area contributed by atoms with E-state index in [4.69, 9.17) is 16.8 Å². The van der Waals surface area contributed by atoms with Gasteiger partial charge in [0.15, 0.2) is 0 Å². The molecule has 0 bridgehead atoms. The van der Waals surface area contributed by atoms with Crippen LogP contribution in [0.3, 0.4) is 0 Å². The van der Waals surface area contributed by atoms with Gasteiger partial charge in [-0.25, -0.2) is 0 Å². The second-order valence-electron chi connectivity index (χ2n) is 3.63.